The van der Waals surface area contributed by atoms with E-state index in [-0.39, 0.29) is 10.6 Å². The molecular weight excluding hydrogens is 360 g/mol. The number of rotatable bonds is 4. The van der Waals surface area contributed by atoms with Crippen LogP contribution in [0.1, 0.15) is 44.1 Å². The second kappa shape index (κ2) is 6.89. The summed E-state index contributed by atoms with van der Waals surface area (Å²) in [6, 6.07) is 4.79. The summed E-state index contributed by atoms with van der Waals surface area (Å²) in [4.78, 5) is 37.2. The van der Waals surface area contributed by atoms with Crippen molar-refractivity contribution in [2.75, 3.05) is 12.4 Å². The van der Waals surface area contributed by atoms with Crippen LogP contribution >= 0.6 is 11.6 Å². The van der Waals surface area contributed by atoms with Gasteiger partial charge in [-0.05, 0) is 25.0 Å². The molecule has 0 aromatic heterocycles. The number of carbonyl (C=O) groups excluding carboxylic acids is 3. The Labute approximate surface area is 156 Å². The number of halogens is 1. The summed E-state index contributed by atoms with van der Waals surface area (Å²) >= 11 is 6.14. The average Bonchev–Trinajstić information content (AvgIpc) is 2.86. The number of methoxy groups -OCH3 is 1. The SMILES string of the molecule is COC(=O)C1(NC(=O)CC2(O)C(=O)Nc3cccc(Cl)c32)CCCCC1. The predicted molar refractivity (Wildman–Crippen MR) is 94.6 cm³/mol. The van der Waals surface area contributed by atoms with Gasteiger partial charge in [0, 0.05) is 16.3 Å². The Morgan fingerprint density at radius 1 is 1.31 bits per heavy atom. The van der Waals surface area contributed by atoms with Gasteiger partial charge in [-0.1, -0.05) is 36.9 Å². The third-order valence-electron chi connectivity index (χ3n) is 5.13. The second-order valence-electron chi connectivity index (χ2n) is 6.84. The molecule has 1 fully saturated rings. The van der Waals surface area contributed by atoms with Gasteiger partial charge in [0.05, 0.1) is 13.5 Å². The van der Waals surface area contributed by atoms with Crippen LogP contribution in [0, 0.1) is 0 Å². The van der Waals surface area contributed by atoms with Gasteiger partial charge in [0.25, 0.3) is 5.91 Å². The molecule has 1 aromatic rings. The fraction of sp³-hybridized carbons (Fsp3) is 0.500. The van der Waals surface area contributed by atoms with Crippen molar-refractivity contribution in [2.24, 2.45) is 0 Å². The van der Waals surface area contributed by atoms with Gasteiger partial charge in [0.15, 0.2) is 5.60 Å². The number of nitrogens with one attached hydrogen (secondary N) is 2. The number of amides is 2. The molecule has 1 unspecified atom stereocenters. The first kappa shape index (κ1) is 18.7. The Hall–Kier alpha value is -2.12. The zero-order valence-corrected chi connectivity index (χ0v) is 15.2. The zero-order valence-electron chi connectivity index (χ0n) is 14.4. The Bertz CT molecular complexity index is 760. The molecule has 3 rings (SSSR count). The van der Waals surface area contributed by atoms with E-state index >= 15 is 0 Å². The topological polar surface area (TPSA) is 105 Å². The highest BCUT2D eigenvalue weighted by Crippen LogP contribution is 2.42. The summed E-state index contributed by atoms with van der Waals surface area (Å²) in [5, 5.41) is 16.3. The quantitative estimate of drug-likeness (QED) is 0.691. The van der Waals surface area contributed by atoms with E-state index in [1.807, 2.05) is 0 Å². The minimum absolute atomic E-state index is 0.178. The molecule has 26 heavy (non-hydrogen) atoms. The van der Waals surface area contributed by atoms with Crippen molar-refractivity contribution in [3.63, 3.8) is 0 Å². The highest BCUT2D eigenvalue weighted by atomic mass is 35.5. The molecule has 1 atom stereocenters. The van der Waals surface area contributed by atoms with E-state index < -0.39 is 35.3 Å². The molecule has 140 valence electrons. The summed E-state index contributed by atoms with van der Waals surface area (Å²) in [5.41, 5.74) is -2.64. The molecule has 7 nitrogen and oxygen atoms in total. The molecule has 1 aliphatic heterocycles. The average molecular weight is 381 g/mol. The van der Waals surface area contributed by atoms with Crippen LogP contribution in [-0.2, 0) is 24.7 Å². The Balaban J connectivity index is 1.84. The zero-order chi connectivity index (χ0) is 18.9. The maximum absolute atomic E-state index is 12.7. The van der Waals surface area contributed by atoms with Crippen LogP contribution in [0.4, 0.5) is 5.69 Å². The van der Waals surface area contributed by atoms with Crippen LogP contribution in [0.15, 0.2) is 18.2 Å². The Morgan fingerprint density at radius 2 is 2.00 bits per heavy atom. The van der Waals surface area contributed by atoms with Gasteiger partial charge in [-0.15, -0.1) is 0 Å². The molecule has 1 saturated carbocycles. The third kappa shape index (κ3) is 3.05. The van der Waals surface area contributed by atoms with Crippen molar-refractivity contribution in [3.05, 3.63) is 28.8 Å². The van der Waals surface area contributed by atoms with Crippen molar-refractivity contribution in [3.8, 4) is 0 Å². The molecule has 0 bridgehead atoms. The van der Waals surface area contributed by atoms with Crippen LogP contribution in [0.2, 0.25) is 5.02 Å². The largest absolute Gasteiger partial charge is 0.467 e. The van der Waals surface area contributed by atoms with Crippen molar-refractivity contribution in [1.82, 2.24) is 5.32 Å². The van der Waals surface area contributed by atoms with Gasteiger partial charge in [0.1, 0.15) is 5.54 Å². The number of hydrogen-bond acceptors (Lipinski definition) is 5. The first-order valence-electron chi connectivity index (χ1n) is 8.55. The number of anilines is 1. The standard InChI is InChI=1S/C18H21ClN2O5/c1-26-16(24)17(8-3-2-4-9-17)21-13(22)10-18(25)14-11(19)6-5-7-12(14)20-15(18)23/h5-7,25H,2-4,8-10H2,1H3,(H,20,23)(H,21,22). The van der Waals surface area contributed by atoms with Crippen LogP contribution in [0.3, 0.4) is 0 Å². The van der Waals surface area contributed by atoms with E-state index in [1.165, 1.54) is 7.11 Å². The monoisotopic (exact) mass is 380 g/mol. The van der Waals surface area contributed by atoms with Crippen molar-refractivity contribution >= 4 is 35.1 Å². The number of ether oxygens (including phenoxy) is 1. The van der Waals surface area contributed by atoms with E-state index in [0.29, 0.717) is 18.5 Å². The van der Waals surface area contributed by atoms with Crippen molar-refractivity contribution in [1.29, 1.82) is 0 Å². The summed E-state index contributed by atoms with van der Waals surface area (Å²) in [6.07, 6.45) is 2.95. The van der Waals surface area contributed by atoms with E-state index in [1.54, 1.807) is 18.2 Å². The maximum atomic E-state index is 12.7. The first-order valence-corrected chi connectivity index (χ1v) is 8.92. The van der Waals surface area contributed by atoms with Crippen molar-refractivity contribution in [2.45, 2.75) is 49.7 Å². The lowest BCUT2D eigenvalue weighted by atomic mass is 9.81. The Kier molecular flexibility index (Phi) is 4.94. The highest BCUT2D eigenvalue weighted by molar-refractivity contribution is 6.33. The molecule has 8 heteroatoms. The number of aliphatic hydroxyl groups is 1. The molecule has 1 aliphatic carbocycles. The minimum atomic E-state index is -2.08. The summed E-state index contributed by atoms with van der Waals surface area (Å²) in [7, 11) is 1.28. The summed E-state index contributed by atoms with van der Waals surface area (Å²) in [5.74, 6) is -1.83. The smallest absolute Gasteiger partial charge is 0.331 e. The van der Waals surface area contributed by atoms with Crippen LogP contribution in [-0.4, -0.2) is 35.5 Å². The maximum Gasteiger partial charge on any atom is 0.331 e. The molecule has 2 amide bonds. The van der Waals surface area contributed by atoms with E-state index in [0.717, 1.165) is 19.3 Å². The number of carbonyl (C=O) groups is 3. The molecule has 0 spiro atoms. The highest BCUT2D eigenvalue weighted by Gasteiger charge is 2.50. The molecule has 3 N–H and O–H groups in total. The van der Waals surface area contributed by atoms with Crippen molar-refractivity contribution < 1.29 is 24.2 Å². The van der Waals surface area contributed by atoms with E-state index in [2.05, 4.69) is 10.6 Å². The summed E-state index contributed by atoms with van der Waals surface area (Å²) in [6.45, 7) is 0. The van der Waals surface area contributed by atoms with Gasteiger partial charge >= 0.3 is 5.97 Å². The molecule has 1 heterocycles. The number of esters is 1. The molecule has 0 saturated heterocycles. The number of benzene rings is 1. The molecular formula is C18H21ClN2O5. The third-order valence-corrected chi connectivity index (χ3v) is 5.44. The molecule has 0 radical (unpaired) electrons. The van der Waals surface area contributed by atoms with Gasteiger partial charge in [-0.2, -0.15) is 0 Å². The van der Waals surface area contributed by atoms with Gasteiger partial charge in [-0.3, -0.25) is 9.59 Å². The fourth-order valence-corrected chi connectivity index (χ4v) is 4.16. The predicted octanol–water partition coefficient (Wildman–Crippen LogP) is 1.86. The first-order chi connectivity index (χ1) is 12.3. The second-order valence-corrected chi connectivity index (χ2v) is 7.24. The lowest BCUT2D eigenvalue weighted by Gasteiger charge is -2.36. The van der Waals surface area contributed by atoms with Gasteiger partial charge in [0.2, 0.25) is 5.91 Å². The van der Waals surface area contributed by atoms with Crippen LogP contribution < -0.4 is 10.6 Å². The molecule has 2 aliphatic rings. The van der Waals surface area contributed by atoms with Gasteiger partial charge in [-0.25, -0.2) is 4.79 Å². The Morgan fingerprint density at radius 3 is 2.65 bits per heavy atom. The van der Waals surface area contributed by atoms with E-state index in [4.69, 9.17) is 16.3 Å². The van der Waals surface area contributed by atoms with E-state index in [9.17, 15) is 19.5 Å². The normalized spacial score (nSPS) is 23.7. The van der Waals surface area contributed by atoms with Gasteiger partial charge < -0.3 is 20.5 Å². The number of hydrogen-bond donors (Lipinski definition) is 3. The number of fused-ring (bicyclic) bond motifs is 1. The van der Waals surface area contributed by atoms with Crippen LogP contribution in [0.5, 0.6) is 0 Å². The fourth-order valence-electron chi connectivity index (χ4n) is 3.83. The molecule has 1 aromatic carbocycles. The lowest BCUT2D eigenvalue weighted by Crippen LogP contribution is -2.57. The lowest BCUT2D eigenvalue weighted by molar-refractivity contribution is -0.154. The van der Waals surface area contributed by atoms with Crippen LogP contribution in [0.25, 0.3) is 0 Å². The minimum Gasteiger partial charge on any atom is -0.467 e. The summed E-state index contributed by atoms with van der Waals surface area (Å²) < 4.78 is 4.87.